The summed E-state index contributed by atoms with van der Waals surface area (Å²) in [6.07, 6.45) is 0.559. The molecule has 4 rings (SSSR count). The molecule has 10 heteroatoms. The molecule has 0 spiro atoms. The Morgan fingerprint density at radius 1 is 1.19 bits per heavy atom. The molecule has 2 heterocycles. The molecule has 0 bridgehead atoms. The maximum absolute atomic E-state index is 11.8. The van der Waals surface area contributed by atoms with E-state index < -0.39 is 6.03 Å². The van der Waals surface area contributed by atoms with E-state index in [2.05, 4.69) is 20.8 Å². The Balaban J connectivity index is 1.61. The van der Waals surface area contributed by atoms with Crippen molar-refractivity contribution < 1.29 is 14.3 Å². The first kappa shape index (κ1) is 22.2. The summed E-state index contributed by atoms with van der Waals surface area (Å²) < 4.78 is 7.50. The lowest BCUT2D eigenvalue weighted by Gasteiger charge is -2.23. The van der Waals surface area contributed by atoms with E-state index >= 15 is 0 Å². The molecule has 1 atom stereocenters. The Morgan fingerprint density at radius 2 is 2.00 bits per heavy atom. The lowest BCUT2D eigenvalue weighted by atomic mass is 10.1. The predicted molar refractivity (Wildman–Crippen MR) is 122 cm³/mol. The zero-order valence-corrected chi connectivity index (χ0v) is 18.9. The summed E-state index contributed by atoms with van der Waals surface area (Å²) in [7, 11) is 0. The molecule has 8 nitrogen and oxygen atoms in total. The lowest BCUT2D eigenvalue weighted by Crippen LogP contribution is -2.53. The Morgan fingerprint density at radius 3 is 2.72 bits per heavy atom. The van der Waals surface area contributed by atoms with Crippen LogP contribution in [0.5, 0.6) is 5.75 Å². The topological polar surface area (TPSA) is 98.1 Å². The number of halogens is 1. The highest BCUT2D eigenvalue weighted by Crippen LogP contribution is 2.28. The zero-order valence-electron chi connectivity index (χ0n) is 17.4. The number of hydrogen-bond acceptors (Lipinski definition) is 6. The summed E-state index contributed by atoms with van der Waals surface area (Å²) in [6, 6.07) is 14.5. The van der Waals surface area contributed by atoms with Crippen molar-refractivity contribution in [3.05, 3.63) is 64.9 Å². The van der Waals surface area contributed by atoms with E-state index in [0.717, 1.165) is 17.0 Å². The minimum atomic E-state index is -0.492. The smallest absolute Gasteiger partial charge is 0.321 e. The highest BCUT2D eigenvalue weighted by atomic mass is 35.5. The number of benzene rings is 2. The van der Waals surface area contributed by atoms with Crippen molar-refractivity contribution in [2.75, 3.05) is 6.61 Å². The number of nitrogens with zero attached hydrogens (tertiary/aromatic N) is 3. The van der Waals surface area contributed by atoms with Gasteiger partial charge in [-0.3, -0.25) is 14.7 Å². The number of carbonyl (C=O) groups excluding carboxylic acids is 2. The number of aromatic nitrogens is 3. The minimum absolute atomic E-state index is 0.187. The number of urea groups is 1. The van der Waals surface area contributed by atoms with Gasteiger partial charge >= 0.3 is 6.03 Å². The van der Waals surface area contributed by atoms with Gasteiger partial charge in [0.15, 0.2) is 5.16 Å². The highest BCUT2D eigenvalue weighted by Gasteiger charge is 2.26. The molecule has 3 amide bonds. The molecule has 1 saturated heterocycles. The van der Waals surface area contributed by atoms with Gasteiger partial charge in [0.2, 0.25) is 5.91 Å². The number of carbonyl (C=O) groups is 2. The summed E-state index contributed by atoms with van der Waals surface area (Å²) in [5.41, 5.74) is 1.94. The molecule has 0 saturated carbocycles. The molecule has 2 aromatic carbocycles. The van der Waals surface area contributed by atoms with E-state index in [1.165, 1.54) is 11.8 Å². The van der Waals surface area contributed by atoms with Gasteiger partial charge in [0.25, 0.3) is 0 Å². The van der Waals surface area contributed by atoms with Gasteiger partial charge in [0.1, 0.15) is 11.6 Å². The van der Waals surface area contributed by atoms with Crippen LogP contribution >= 0.6 is 23.4 Å². The van der Waals surface area contributed by atoms with Crippen LogP contribution in [0.4, 0.5) is 4.79 Å². The van der Waals surface area contributed by atoms with Crippen LogP contribution in [0.2, 0.25) is 5.02 Å². The number of rotatable bonds is 8. The first-order valence-electron chi connectivity index (χ1n) is 10.2. The quantitative estimate of drug-likeness (QED) is 0.485. The number of hydrogen-bond donors (Lipinski definition) is 2. The second-order valence-electron chi connectivity index (χ2n) is 7.21. The van der Waals surface area contributed by atoms with Gasteiger partial charge in [-0.1, -0.05) is 35.5 Å². The molecule has 32 heavy (non-hydrogen) atoms. The number of nitrogens with one attached hydrogen (secondary N) is 2. The van der Waals surface area contributed by atoms with E-state index in [-0.39, 0.29) is 18.4 Å². The second-order valence-corrected chi connectivity index (χ2v) is 8.59. The minimum Gasteiger partial charge on any atom is -0.494 e. The first-order valence-corrected chi connectivity index (χ1v) is 11.5. The van der Waals surface area contributed by atoms with Crippen molar-refractivity contribution >= 4 is 35.3 Å². The van der Waals surface area contributed by atoms with Gasteiger partial charge in [-0.25, -0.2) is 4.79 Å². The summed E-state index contributed by atoms with van der Waals surface area (Å²) in [6.45, 7) is 2.52. The zero-order chi connectivity index (χ0) is 22.5. The first-order chi connectivity index (χ1) is 15.5. The molecule has 3 aromatic rings. The van der Waals surface area contributed by atoms with E-state index in [1.807, 2.05) is 60.0 Å². The maximum atomic E-state index is 11.8. The van der Waals surface area contributed by atoms with Crippen molar-refractivity contribution in [3.63, 3.8) is 0 Å². The van der Waals surface area contributed by atoms with Crippen LogP contribution in [0.3, 0.4) is 0 Å². The molecule has 1 aromatic heterocycles. The molecule has 0 aliphatic carbocycles. The highest BCUT2D eigenvalue weighted by molar-refractivity contribution is 7.98. The molecular formula is C22H22ClN5O3S. The number of amides is 3. The lowest BCUT2D eigenvalue weighted by molar-refractivity contribution is -0.121. The van der Waals surface area contributed by atoms with Gasteiger partial charge in [-0.15, -0.1) is 10.2 Å². The molecule has 0 radical (unpaired) electrons. The van der Waals surface area contributed by atoms with Crippen molar-refractivity contribution in [2.24, 2.45) is 0 Å². The number of thioether (sulfide) groups is 1. The third kappa shape index (κ3) is 5.41. The van der Waals surface area contributed by atoms with E-state index in [9.17, 15) is 9.59 Å². The molecule has 1 unspecified atom stereocenters. The summed E-state index contributed by atoms with van der Waals surface area (Å²) >= 11 is 7.64. The molecule has 2 N–H and O–H groups in total. The van der Waals surface area contributed by atoms with Crippen LogP contribution < -0.4 is 15.4 Å². The third-order valence-electron chi connectivity index (χ3n) is 4.81. The van der Waals surface area contributed by atoms with Crippen LogP contribution in [0.25, 0.3) is 5.69 Å². The fourth-order valence-electron chi connectivity index (χ4n) is 3.44. The fourth-order valence-corrected chi connectivity index (χ4v) is 4.56. The van der Waals surface area contributed by atoms with Gasteiger partial charge in [0.05, 0.1) is 6.61 Å². The average molecular weight is 472 g/mol. The summed E-state index contributed by atoms with van der Waals surface area (Å²) in [4.78, 5) is 23.5. The summed E-state index contributed by atoms with van der Waals surface area (Å²) in [5, 5.41) is 15.2. The van der Waals surface area contributed by atoms with E-state index in [1.54, 1.807) is 0 Å². The van der Waals surface area contributed by atoms with Crippen molar-refractivity contribution in [1.29, 1.82) is 0 Å². The second kappa shape index (κ2) is 10.1. The standard InChI is InChI=1S/C22H22ClN5O3S/c1-2-31-18-8-6-17(7-9-18)28-19(11-16-12-20(29)25-21(30)24-16)26-27-22(28)32-13-14-4-3-5-15(23)10-14/h3-10,16H,2,11-13H2,1H3,(H2,24,25,29,30). The Hall–Kier alpha value is -3.04. The van der Waals surface area contributed by atoms with Crippen LogP contribution in [0.15, 0.2) is 53.7 Å². The van der Waals surface area contributed by atoms with Crippen LogP contribution in [-0.4, -0.2) is 39.4 Å². The van der Waals surface area contributed by atoms with Gasteiger partial charge in [-0.2, -0.15) is 0 Å². The van der Waals surface area contributed by atoms with E-state index in [0.29, 0.717) is 34.8 Å². The molecule has 1 aliphatic rings. The number of imide groups is 1. The molecular weight excluding hydrogens is 450 g/mol. The molecule has 1 fully saturated rings. The fraction of sp³-hybridized carbons (Fsp3) is 0.273. The number of ether oxygens (including phenoxy) is 1. The van der Waals surface area contributed by atoms with Crippen LogP contribution in [-0.2, 0) is 17.0 Å². The maximum Gasteiger partial charge on any atom is 0.321 e. The summed E-state index contributed by atoms with van der Waals surface area (Å²) in [5.74, 6) is 1.79. The van der Waals surface area contributed by atoms with Gasteiger partial charge in [-0.05, 0) is 48.9 Å². The van der Waals surface area contributed by atoms with Gasteiger partial charge in [0, 0.05) is 35.3 Å². The van der Waals surface area contributed by atoms with Gasteiger partial charge < -0.3 is 10.1 Å². The van der Waals surface area contributed by atoms with E-state index in [4.69, 9.17) is 16.3 Å². The van der Waals surface area contributed by atoms with Crippen LogP contribution in [0.1, 0.15) is 24.7 Å². The monoisotopic (exact) mass is 471 g/mol. The SMILES string of the molecule is CCOc1ccc(-n2c(CC3CC(=O)NC(=O)N3)nnc2SCc2cccc(Cl)c2)cc1. The largest absolute Gasteiger partial charge is 0.494 e. The Kier molecular flexibility index (Phi) is 6.96. The Bertz CT molecular complexity index is 1100. The van der Waals surface area contributed by atoms with Crippen LogP contribution in [0, 0.1) is 0 Å². The predicted octanol–water partition coefficient (Wildman–Crippen LogP) is 3.75. The average Bonchev–Trinajstić information content (AvgIpc) is 3.15. The van der Waals surface area contributed by atoms with Crippen molar-refractivity contribution in [3.8, 4) is 11.4 Å². The molecule has 166 valence electrons. The van der Waals surface area contributed by atoms with Crippen molar-refractivity contribution in [2.45, 2.75) is 36.7 Å². The normalized spacial score (nSPS) is 15.9. The molecule has 1 aliphatic heterocycles. The Labute approximate surface area is 194 Å². The van der Waals surface area contributed by atoms with Crippen molar-refractivity contribution in [1.82, 2.24) is 25.4 Å². The third-order valence-corrected chi connectivity index (χ3v) is 6.05.